The number of rotatable bonds is 9. The van der Waals surface area contributed by atoms with Crippen molar-refractivity contribution in [1.82, 2.24) is 10.2 Å². The predicted octanol–water partition coefficient (Wildman–Crippen LogP) is 3.44. The van der Waals surface area contributed by atoms with Crippen LogP contribution < -0.4 is 10.0 Å². The van der Waals surface area contributed by atoms with Gasteiger partial charge in [-0.1, -0.05) is 35.3 Å². The van der Waals surface area contributed by atoms with Crippen molar-refractivity contribution >= 4 is 68.6 Å². The fourth-order valence-electron chi connectivity index (χ4n) is 3.35. The molecule has 2 atom stereocenters. The number of hydrogen-bond acceptors (Lipinski definition) is 7. The lowest BCUT2D eigenvalue weighted by molar-refractivity contribution is -0.142. The van der Waals surface area contributed by atoms with Crippen molar-refractivity contribution in [3.63, 3.8) is 0 Å². The third-order valence-electron chi connectivity index (χ3n) is 5.13. The first-order valence-corrected chi connectivity index (χ1v) is 14.0. The van der Waals surface area contributed by atoms with E-state index in [1.165, 1.54) is 59.1 Å². The van der Waals surface area contributed by atoms with Crippen molar-refractivity contribution in [3.8, 4) is 0 Å². The Hall–Kier alpha value is -2.67. The molecule has 0 saturated carbocycles. The zero-order valence-electron chi connectivity index (χ0n) is 18.9. The summed E-state index contributed by atoms with van der Waals surface area (Å²) in [7, 11) is -4.02. The van der Waals surface area contributed by atoms with Crippen LogP contribution in [0.15, 0.2) is 47.4 Å². The van der Waals surface area contributed by atoms with Gasteiger partial charge in [-0.2, -0.15) is 0 Å². The molecule has 1 aliphatic heterocycles. The number of carboxylic acids is 1. The summed E-state index contributed by atoms with van der Waals surface area (Å²) in [5.41, 5.74) is 0.758. The molecule has 0 aliphatic carbocycles. The molecular formula is C22H23Cl2N3O7S2. The van der Waals surface area contributed by atoms with Crippen LogP contribution >= 0.6 is 35.0 Å². The van der Waals surface area contributed by atoms with Gasteiger partial charge in [0.1, 0.15) is 17.0 Å². The van der Waals surface area contributed by atoms with E-state index in [0.717, 1.165) is 0 Å². The monoisotopic (exact) mass is 575 g/mol. The summed E-state index contributed by atoms with van der Waals surface area (Å²) in [6.45, 7) is 1.81. The lowest BCUT2D eigenvalue weighted by Gasteiger charge is -2.24. The van der Waals surface area contributed by atoms with Gasteiger partial charge in [-0.3, -0.25) is 14.4 Å². The van der Waals surface area contributed by atoms with E-state index < -0.39 is 40.1 Å². The zero-order chi connectivity index (χ0) is 26.5. The van der Waals surface area contributed by atoms with E-state index in [0.29, 0.717) is 11.3 Å². The van der Waals surface area contributed by atoms with Crippen molar-refractivity contribution in [2.45, 2.75) is 30.3 Å². The van der Waals surface area contributed by atoms with Crippen molar-refractivity contribution < 1.29 is 32.6 Å². The van der Waals surface area contributed by atoms with Crippen LogP contribution in [0.5, 0.6) is 0 Å². The van der Waals surface area contributed by atoms with E-state index in [2.05, 4.69) is 10.0 Å². The molecule has 2 aromatic rings. The van der Waals surface area contributed by atoms with Gasteiger partial charge >= 0.3 is 12.1 Å². The number of aliphatic carboxylic acids is 1. The lowest BCUT2D eigenvalue weighted by atomic mass is 10.1. The van der Waals surface area contributed by atoms with Crippen LogP contribution in [0.1, 0.15) is 12.5 Å². The van der Waals surface area contributed by atoms with E-state index in [-0.39, 0.29) is 39.5 Å². The van der Waals surface area contributed by atoms with Crippen LogP contribution in [-0.4, -0.2) is 66.7 Å². The SMILES string of the molecule is CCOC(=O)N1CSC[C@@H]1C(=O)N[C@@H](Cc1ccc(NS(=O)(=O)c2cc(Cl)ccc2Cl)cc1)C(=O)O. The van der Waals surface area contributed by atoms with Gasteiger partial charge in [0, 0.05) is 22.9 Å². The molecule has 1 heterocycles. The summed E-state index contributed by atoms with van der Waals surface area (Å²) in [5.74, 6) is -1.25. The standard InChI is InChI=1S/C22H23Cl2N3O7S2/c1-2-34-22(31)27-12-35-11-18(27)20(28)25-17(21(29)30)9-13-3-6-15(7-4-13)26-36(32,33)19-10-14(23)5-8-16(19)24/h3-8,10,17-18,26H,2,9,11-12H2,1H3,(H,25,28)(H,29,30)/t17-,18+/m0/s1. The number of nitrogens with zero attached hydrogens (tertiary/aromatic N) is 1. The van der Waals surface area contributed by atoms with E-state index in [9.17, 15) is 27.9 Å². The Bertz CT molecular complexity index is 1240. The highest BCUT2D eigenvalue weighted by Gasteiger charge is 2.37. The Morgan fingerprint density at radius 1 is 1.19 bits per heavy atom. The van der Waals surface area contributed by atoms with Gasteiger partial charge in [-0.25, -0.2) is 18.0 Å². The summed E-state index contributed by atoms with van der Waals surface area (Å²) < 4.78 is 32.7. The quantitative estimate of drug-likeness (QED) is 0.412. The summed E-state index contributed by atoms with van der Waals surface area (Å²) in [4.78, 5) is 37.7. The van der Waals surface area contributed by atoms with Crippen molar-refractivity contribution in [1.29, 1.82) is 0 Å². The largest absolute Gasteiger partial charge is 0.480 e. The van der Waals surface area contributed by atoms with Crippen molar-refractivity contribution in [2.24, 2.45) is 0 Å². The highest BCUT2D eigenvalue weighted by Crippen LogP contribution is 2.27. The normalized spacial score (nSPS) is 16.3. The number of hydrogen-bond donors (Lipinski definition) is 3. The summed E-state index contributed by atoms with van der Waals surface area (Å²) in [5, 5.41) is 12.3. The number of sulfonamides is 1. The van der Waals surface area contributed by atoms with Gasteiger partial charge in [0.25, 0.3) is 10.0 Å². The van der Waals surface area contributed by atoms with Gasteiger partial charge < -0.3 is 15.2 Å². The van der Waals surface area contributed by atoms with Gasteiger partial charge in [-0.15, -0.1) is 11.8 Å². The second-order valence-corrected chi connectivity index (χ2v) is 11.2. The number of anilines is 1. The van der Waals surface area contributed by atoms with E-state index in [4.69, 9.17) is 27.9 Å². The molecule has 0 radical (unpaired) electrons. The van der Waals surface area contributed by atoms with Crippen molar-refractivity contribution in [3.05, 3.63) is 58.1 Å². The molecule has 1 fully saturated rings. The maximum Gasteiger partial charge on any atom is 0.411 e. The molecule has 0 spiro atoms. The number of amides is 2. The fraction of sp³-hybridized carbons (Fsp3) is 0.318. The predicted molar refractivity (Wildman–Crippen MR) is 137 cm³/mol. The summed E-state index contributed by atoms with van der Waals surface area (Å²) >= 11 is 13.2. The second-order valence-electron chi connectivity index (χ2n) is 7.67. The van der Waals surface area contributed by atoms with Crippen LogP contribution in [0.4, 0.5) is 10.5 Å². The molecule has 1 aliphatic rings. The molecule has 0 aromatic heterocycles. The molecule has 3 N–H and O–H groups in total. The number of carboxylic acid groups (broad SMARTS) is 1. The van der Waals surface area contributed by atoms with Crippen LogP contribution in [-0.2, 0) is 30.8 Å². The first kappa shape index (κ1) is 27.9. The number of nitrogens with one attached hydrogen (secondary N) is 2. The molecule has 0 unspecified atom stereocenters. The second kappa shape index (κ2) is 12.0. The Labute approximate surface area is 222 Å². The van der Waals surface area contributed by atoms with E-state index >= 15 is 0 Å². The maximum absolute atomic E-state index is 12.7. The van der Waals surface area contributed by atoms with Gasteiger partial charge in [0.15, 0.2) is 0 Å². The molecule has 194 valence electrons. The highest BCUT2D eigenvalue weighted by molar-refractivity contribution is 7.99. The minimum Gasteiger partial charge on any atom is -0.480 e. The zero-order valence-corrected chi connectivity index (χ0v) is 22.1. The van der Waals surface area contributed by atoms with Crippen LogP contribution in [0.2, 0.25) is 10.0 Å². The minimum absolute atomic E-state index is 0.00532. The number of halogens is 2. The molecular weight excluding hydrogens is 553 g/mol. The van der Waals surface area contributed by atoms with Crippen LogP contribution in [0.25, 0.3) is 0 Å². The van der Waals surface area contributed by atoms with E-state index in [1.54, 1.807) is 6.92 Å². The molecule has 2 amide bonds. The first-order chi connectivity index (χ1) is 17.0. The van der Waals surface area contributed by atoms with Gasteiger partial charge in [0.05, 0.1) is 17.5 Å². The summed E-state index contributed by atoms with van der Waals surface area (Å²) in [6.07, 6.45) is -0.695. The molecule has 0 bridgehead atoms. The number of carbonyl (C=O) groups is 3. The Morgan fingerprint density at radius 3 is 2.53 bits per heavy atom. The Morgan fingerprint density at radius 2 is 1.89 bits per heavy atom. The molecule has 10 nitrogen and oxygen atoms in total. The van der Waals surface area contributed by atoms with Crippen LogP contribution in [0, 0.1) is 0 Å². The number of ether oxygens (including phenoxy) is 1. The minimum atomic E-state index is -4.02. The lowest BCUT2D eigenvalue weighted by Crippen LogP contribution is -2.52. The average molecular weight is 576 g/mol. The average Bonchev–Trinajstić information content (AvgIpc) is 3.31. The molecule has 1 saturated heterocycles. The smallest absolute Gasteiger partial charge is 0.411 e. The van der Waals surface area contributed by atoms with E-state index in [1.807, 2.05) is 0 Å². The summed E-state index contributed by atoms with van der Waals surface area (Å²) in [6, 6.07) is 7.96. The topological polar surface area (TPSA) is 142 Å². The van der Waals surface area contributed by atoms with Crippen molar-refractivity contribution in [2.75, 3.05) is 23.0 Å². The molecule has 3 rings (SSSR count). The van der Waals surface area contributed by atoms with Gasteiger partial charge in [-0.05, 0) is 42.8 Å². The Kier molecular flexibility index (Phi) is 9.34. The number of carbonyl (C=O) groups excluding carboxylic acids is 2. The first-order valence-electron chi connectivity index (χ1n) is 10.6. The third-order valence-corrected chi connectivity index (χ3v) is 8.24. The number of benzene rings is 2. The molecule has 2 aromatic carbocycles. The Balaban J connectivity index is 1.67. The molecule has 14 heteroatoms. The molecule has 36 heavy (non-hydrogen) atoms. The van der Waals surface area contributed by atoms with Gasteiger partial charge in [0.2, 0.25) is 5.91 Å². The fourth-order valence-corrected chi connectivity index (χ4v) is 6.32. The number of thioether (sulfide) groups is 1. The highest BCUT2D eigenvalue weighted by atomic mass is 35.5. The maximum atomic E-state index is 12.7. The van der Waals surface area contributed by atoms with Crippen LogP contribution in [0.3, 0.4) is 0 Å². The third kappa shape index (κ3) is 6.96.